The normalized spacial score (nSPS) is 17.8. The molecule has 10 nitrogen and oxygen atoms in total. The summed E-state index contributed by atoms with van der Waals surface area (Å²) in [5.74, 6) is -1.43. The van der Waals surface area contributed by atoms with Crippen molar-refractivity contribution in [2.24, 2.45) is 0 Å². The van der Waals surface area contributed by atoms with Crippen LogP contribution >= 0.6 is 11.3 Å². The summed E-state index contributed by atoms with van der Waals surface area (Å²) in [5.41, 5.74) is 6.50. The fourth-order valence-corrected chi connectivity index (χ4v) is 3.96. The van der Waals surface area contributed by atoms with Crippen LogP contribution in [0.1, 0.15) is 21.6 Å². The van der Waals surface area contributed by atoms with Crippen LogP contribution < -0.4 is 15.1 Å². The highest BCUT2D eigenvalue weighted by molar-refractivity contribution is 7.13. The average Bonchev–Trinajstić information content (AvgIpc) is 3.00. The van der Waals surface area contributed by atoms with E-state index in [0.717, 1.165) is 0 Å². The maximum Gasteiger partial charge on any atom is 0.430 e. The number of aryl methyl sites for hydroxylation is 1. The van der Waals surface area contributed by atoms with Crippen LogP contribution in [0.2, 0.25) is 6.32 Å². The first-order valence-corrected chi connectivity index (χ1v) is 9.92. The predicted molar refractivity (Wildman–Crippen MR) is 104 cm³/mol. The number of hydrogen-bond acceptors (Lipinski definition) is 9. The van der Waals surface area contributed by atoms with Crippen LogP contribution in [0.5, 0.6) is 11.5 Å². The van der Waals surface area contributed by atoms with E-state index in [0.29, 0.717) is 29.5 Å². The van der Waals surface area contributed by atoms with Crippen molar-refractivity contribution in [2.45, 2.75) is 25.3 Å². The number of carboxylic acid groups (broad SMARTS) is 1. The van der Waals surface area contributed by atoms with Gasteiger partial charge in [-0.2, -0.15) is 0 Å². The molecule has 3 heterocycles. The van der Waals surface area contributed by atoms with Crippen LogP contribution in [0.25, 0.3) is 0 Å². The van der Waals surface area contributed by atoms with Gasteiger partial charge in [0.15, 0.2) is 5.13 Å². The van der Waals surface area contributed by atoms with Crippen molar-refractivity contribution in [2.75, 3.05) is 18.8 Å². The van der Waals surface area contributed by atoms with Crippen molar-refractivity contribution >= 4 is 35.1 Å². The summed E-state index contributed by atoms with van der Waals surface area (Å²) in [6.45, 7) is -2.48. The molecule has 2 aliphatic heterocycles. The lowest BCUT2D eigenvalue weighted by Gasteiger charge is -2.40. The van der Waals surface area contributed by atoms with Gasteiger partial charge in [0.05, 0.1) is 31.0 Å². The zero-order chi connectivity index (χ0) is 20.8. The molecule has 1 saturated heterocycles. The standard InChI is InChI=1S/C17H19BN3O7S/c19-17-20-10(8-29-17)5-13(22)21-6-11(7-21)27-12-2-1-9-3-4-18(25,26)28-15(9)14(12)16(23)24/h1-2,8,11,25-26H,3-7H2,(H2,19,20)(H,23,24)/q-1. The van der Waals surface area contributed by atoms with Gasteiger partial charge < -0.3 is 35.2 Å². The van der Waals surface area contributed by atoms with Crippen molar-refractivity contribution in [1.82, 2.24) is 9.88 Å². The molecule has 5 N–H and O–H groups in total. The zero-order valence-corrected chi connectivity index (χ0v) is 16.1. The number of rotatable bonds is 5. The first-order valence-electron chi connectivity index (χ1n) is 9.04. The van der Waals surface area contributed by atoms with Gasteiger partial charge in [-0.25, -0.2) is 9.78 Å². The van der Waals surface area contributed by atoms with Gasteiger partial charge in [0.1, 0.15) is 17.4 Å². The second kappa shape index (κ2) is 7.21. The molecule has 154 valence electrons. The summed E-state index contributed by atoms with van der Waals surface area (Å²) >= 11 is 1.27. The molecule has 0 unspecified atom stereocenters. The first-order chi connectivity index (χ1) is 13.7. The van der Waals surface area contributed by atoms with Gasteiger partial charge in [-0.1, -0.05) is 12.4 Å². The smallest absolute Gasteiger partial charge is 0.430 e. The second-order valence-electron chi connectivity index (χ2n) is 7.14. The highest BCUT2D eigenvalue weighted by Gasteiger charge is 2.36. The number of ether oxygens (including phenoxy) is 1. The molecule has 0 saturated carbocycles. The number of aromatic carboxylic acids is 1. The molecule has 0 aliphatic carbocycles. The van der Waals surface area contributed by atoms with E-state index in [2.05, 4.69) is 4.98 Å². The number of anilines is 1. The number of fused-ring (bicyclic) bond motifs is 1. The number of nitrogens with two attached hydrogens (primary N) is 1. The monoisotopic (exact) mass is 420 g/mol. The number of thiazole rings is 1. The molecule has 2 aliphatic rings. The summed E-state index contributed by atoms with van der Waals surface area (Å²) < 4.78 is 10.9. The Morgan fingerprint density at radius 1 is 1.38 bits per heavy atom. The van der Waals surface area contributed by atoms with Crippen molar-refractivity contribution in [3.63, 3.8) is 0 Å². The Bertz CT molecular complexity index is 974. The number of carbonyl (C=O) groups excluding carboxylic acids is 1. The van der Waals surface area contributed by atoms with Crippen LogP contribution in [0.15, 0.2) is 17.5 Å². The third kappa shape index (κ3) is 4.00. The summed E-state index contributed by atoms with van der Waals surface area (Å²) in [6.07, 6.45) is 0.0504. The van der Waals surface area contributed by atoms with Crippen molar-refractivity contribution in [3.05, 3.63) is 34.3 Å². The maximum absolute atomic E-state index is 12.3. The minimum Gasteiger partial charge on any atom is -0.669 e. The molecular formula is C17H19BN3O7S-. The molecular weight excluding hydrogens is 401 g/mol. The first kappa shape index (κ1) is 19.5. The Balaban J connectivity index is 1.43. The summed E-state index contributed by atoms with van der Waals surface area (Å²) in [4.78, 5) is 29.7. The lowest BCUT2D eigenvalue weighted by Crippen LogP contribution is -2.56. The highest BCUT2D eigenvalue weighted by Crippen LogP contribution is 2.39. The molecule has 0 bridgehead atoms. The molecule has 1 aromatic carbocycles. The predicted octanol–water partition coefficient (Wildman–Crippen LogP) is 0.114. The lowest BCUT2D eigenvalue weighted by molar-refractivity contribution is -0.139. The van der Waals surface area contributed by atoms with Crippen LogP contribution in [0.4, 0.5) is 5.13 Å². The van der Waals surface area contributed by atoms with Gasteiger partial charge in [0.25, 0.3) is 0 Å². The fourth-order valence-electron chi connectivity index (χ4n) is 3.40. The van der Waals surface area contributed by atoms with Crippen LogP contribution in [0, 0.1) is 0 Å². The zero-order valence-electron chi connectivity index (χ0n) is 15.3. The van der Waals surface area contributed by atoms with E-state index < -0.39 is 12.7 Å². The van der Waals surface area contributed by atoms with Gasteiger partial charge in [-0.15, -0.1) is 11.3 Å². The number of nitrogens with zero attached hydrogens (tertiary/aromatic N) is 2. The molecule has 2 aromatic rings. The summed E-state index contributed by atoms with van der Waals surface area (Å²) in [5, 5.41) is 31.3. The third-order valence-electron chi connectivity index (χ3n) is 4.91. The van der Waals surface area contributed by atoms with Gasteiger partial charge >= 0.3 is 12.7 Å². The molecule has 1 fully saturated rings. The van der Waals surface area contributed by atoms with Crippen molar-refractivity contribution in [1.29, 1.82) is 0 Å². The van der Waals surface area contributed by atoms with E-state index >= 15 is 0 Å². The Hall–Kier alpha value is -2.83. The highest BCUT2D eigenvalue weighted by atomic mass is 32.1. The van der Waals surface area contributed by atoms with Crippen molar-refractivity contribution < 1.29 is 34.1 Å². The number of carbonyl (C=O) groups is 2. The number of carboxylic acids is 1. The van der Waals surface area contributed by atoms with E-state index in [-0.39, 0.29) is 48.2 Å². The summed E-state index contributed by atoms with van der Waals surface area (Å²) in [6, 6.07) is 3.18. The largest absolute Gasteiger partial charge is 0.669 e. The number of likely N-dealkylation sites (tertiary alicyclic amines) is 1. The molecule has 1 amide bonds. The lowest BCUT2D eigenvalue weighted by atomic mass is 9.70. The molecule has 0 atom stereocenters. The van der Waals surface area contributed by atoms with E-state index in [9.17, 15) is 24.7 Å². The topological polar surface area (TPSA) is 155 Å². The number of amides is 1. The second-order valence-corrected chi connectivity index (χ2v) is 8.03. The fraction of sp³-hybridized carbons (Fsp3) is 0.353. The number of nitrogen functional groups attached to an aromatic ring is 1. The molecule has 1 aromatic heterocycles. The Morgan fingerprint density at radius 2 is 2.14 bits per heavy atom. The third-order valence-corrected chi connectivity index (χ3v) is 5.63. The Morgan fingerprint density at radius 3 is 2.79 bits per heavy atom. The van der Waals surface area contributed by atoms with E-state index in [1.54, 1.807) is 16.3 Å². The Labute approximate surface area is 169 Å². The van der Waals surface area contributed by atoms with E-state index in [4.69, 9.17) is 15.1 Å². The summed E-state index contributed by atoms with van der Waals surface area (Å²) in [7, 11) is 0. The van der Waals surface area contributed by atoms with Gasteiger partial charge in [0.2, 0.25) is 5.91 Å². The molecule has 0 spiro atoms. The SMILES string of the molecule is Nc1nc(CC(=O)N2CC(Oc3ccc4c(c3C(=O)O)O[B-](O)(O)CC4)C2)cs1. The van der Waals surface area contributed by atoms with Crippen molar-refractivity contribution in [3.8, 4) is 11.5 Å². The minimum absolute atomic E-state index is 0.00338. The van der Waals surface area contributed by atoms with E-state index in [1.165, 1.54) is 17.4 Å². The number of benzene rings is 1. The van der Waals surface area contributed by atoms with Gasteiger partial charge in [0, 0.05) is 5.38 Å². The maximum atomic E-state index is 12.3. The van der Waals surface area contributed by atoms with Crippen LogP contribution in [-0.2, 0) is 17.6 Å². The quantitative estimate of drug-likeness (QED) is 0.493. The molecule has 12 heteroatoms. The average molecular weight is 420 g/mol. The molecule has 0 radical (unpaired) electrons. The minimum atomic E-state index is -3.10. The molecule has 29 heavy (non-hydrogen) atoms. The van der Waals surface area contributed by atoms with Crippen LogP contribution in [-0.4, -0.2) is 62.9 Å². The Kier molecular flexibility index (Phi) is 4.85. The van der Waals surface area contributed by atoms with Gasteiger partial charge in [-0.05, 0) is 18.1 Å². The van der Waals surface area contributed by atoms with Crippen LogP contribution in [0.3, 0.4) is 0 Å². The van der Waals surface area contributed by atoms with E-state index in [1.807, 2.05) is 0 Å². The number of aromatic nitrogens is 1. The van der Waals surface area contributed by atoms with Gasteiger partial charge in [-0.3, -0.25) is 4.79 Å². The molecule has 4 rings (SSSR count). The number of hydrogen-bond donors (Lipinski definition) is 4.